The fraction of sp³-hybridized carbons (Fsp3) is 0.222. The van der Waals surface area contributed by atoms with Crippen molar-refractivity contribution in [2.75, 3.05) is 5.32 Å². The summed E-state index contributed by atoms with van der Waals surface area (Å²) in [5.74, 6) is -0.151. The monoisotopic (exact) mass is 278 g/mol. The van der Waals surface area contributed by atoms with Crippen molar-refractivity contribution in [2.24, 2.45) is 0 Å². The molecule has 1 unspecified atom stereocenters. The molecule has 0 spiro atoms. The number of hydrogen-bond acceptors (Lipinski definition) is 2. The van der Waals surface area contributed by atoms with Gasteiger partial charge < -0.3 is 5.32 Å². The molecule has 0 saturated heterocycles. The van der Waals surface area contributed by atoms with Gasteiger partial charge in [0.15, 0.2) is 0 Å². The van der Waals surface area contributed by atoms with Crippen molar-refractivity contribution in [2.45, 2.75) is 25.7 Å². The van der Waals surface area contributed by atoms with E-state index in [1.54, 1.807) is 0 Å². The fourth-order valence-corrected chi connectivity index (χ4v) is 2.28. The molecule has 2 aromatic carbocycles. The molecule has 2 aromatic rings. The molecular weight excluding hydrogens is 260 g/mol. The highest BCUT2D eigenvalue weighted by Gasteiger charge is 2.18. The first-order valence-electron chi connectivity index (χ1n) is 7.06. The maximum Gasteiger partial charge on any atom is 0.231 e. The molecular formula is C18H18N2O. The van der Waals surface area contributed by atoms with E-state index in [-0.39, 0.29) is 11.8 Å². The average Bonchev–Trinajstić information content (AvgIpc) is 2.51. The van der Waals surface area contributed by atoms with Gasteiger partial charge in [-0.05, 0) is 29.7 Å². The summed E-state index contributed by atoms with van der Waals surface area (Å²) in [6, 6.07) is 19.3. The molecule has 0 aliphatic carbocycles. The van der Waals surface area contributed by atoms with E-state index in [1.165, 1.54) is 0 Å². The van der Waals surface area contributed by atoms with Gasteiger partial charge in [0.05, 0.1) is 18.4 Å². The largest absolute Gasteiger partial charge is 0.326 e. The van der Waals surface area contributed by atoms with Crippen LogP contribution in [0.2, 0.25) is 0 Å². The minimum Gasteiger partial charge on any atom is -0.326 e. The Kier molecular flexibility index (Phi) is 5.11. The van der Waals surface area contributed by atoms with Crippen LogP contribution in [0.3, 0.4) is 0 Å². The molecule has 0 fully saturated rings. The van der Waals surface area contributed by atoms with Crippen LogP contribution in [0.1, 0.15) is 30.4 Å². The van der Waals surface area contributed by atoms with E-state index in [1.807, 2.05) is 61.5 Å². The summed E-state index contributed by atoms with van der Waals surface area (Å²) in [5.41, 5.74) is 2.74. The van der Waals surface area contributed by atoms with E-state index in [4.69, 9.17) is 5.26 Å². The lowest BCUT2D eigenvalue weighted by Gasteiger charge is -2.15. The Morgan fingerprint density at radius 2 is 1.81 bits per heavy atom. The molecule has 1 amide bonds. The topological polar surface area (TPSA) is 52.9 Å². The minimum absolute atomic E-state index is 0.00302. The second-order valence-corrected chi connectivity index (χ2v) is 4.89. The summed E-state index contributed by atoms with van der Waals surface area (Å²) in [4.78, 5) is 12.4. The van der Waals surface area contributed by atoms with Crippen molar-refractivity contribution in [3.05, 3.63) is 65.7 Å². The smallest absolute Gasteiger partial charge is 0.231 e. The number of benzene rings is 2. The molecule has 0 heterocycles. The molecule has 0 bridgehead atoms. The van der Waals surface area contributed by atoms with Crippen molar-refractivity contribution in [1.82, 2.24) is 0 Å². The highest BCUT2D eigenvalue weighted by atomic mass is 16.1. The first kappa shape index (κ1) is 14.8. The van der Waals surface area contributed by atoms with E-state index in [9.17, 15) is 4.79 Å². The molecule has 0 radical (unpaired) electrons. The Hall–Kier alpha value is -2.60. The predicted molar refractivity (Wildman–Crippen MR) is 83.9 cm³/mol. The Bertz CT molecular complexity index is 627. The van der Waals surface area contributed by atoms with Crippen LogP contribution in [0, 0.1) is 11.3 Å². The van der Waals surface area contributed by atoms with Gasteiger partial charge in [-0.3, -0.25) is 4.79 Å². The van der Waals surface area contributed by atoms with Crippen molar-refractivity contribution in [3.63, 3.8) is 0 Å². The normalized spacial score (nSPS) is 11.4. The summed E-state index contributed by atoms with van der Waals surface area (Å²) in [6.45, 7) is 2.01. The summed E-state index contributed by atoms with van der Waals surface area (Å²) in [5, 5.41) is 11.6. The molecule has 0 aromatic heterocycles. The van der Waals surface area contributed by atoms with E-state index >= 15 is 0 Å². The van der Waals surface area contributed by atoms with Gasteiger partial charge in [-0.15, -0.1) is 0 Å². The lowest BCUT2D eigenvalue weighted by Crippen LogP contribution is -2.20. The number of nitrogens with one attached hydrogen (secondary N) is 1. The Morgan fingerprint density at radius 1 is 1.14 bits per heavy atom. The number of nitriles is 1. The number of carbonyl (C=O) groups excluding carboxylic acids is 1. The van der Waals surface area contributed by atoms with Crippen LogP contribution in [-0.4, -0.2) is 5.91 Å². The lowest BCUT2D eigenvalue weighted by molar-refractivity contribution is -0.117. The maximum absolute atomic E-state index is 12.4. The van der Waals surface area contributed by atoms with E-state index in [2.05, 4.69) is 11.4 Å². The predicted octanol–water partition coefficient (Wildman–Crippen LogP) is 3.88. The van der Waals surface area contributed by atoms with Crippen LogP contribution in [-0.2, 0) is 11.2 Å². The van der Waals surface area contributed by atoms with E-state index in [0.29, 0.717) is 6.42 Å². The number of amides is 1. The highest BCUT2D eigenvalue weighted by Crippen LogP contribution is 2.21. The SMILES string of the molecule is CCC(C(=O)Nc1ccc(CC#N)cc1)c1ccccc1. The van der Waals surface area contributed by atoms with Gasteiger partial charge in [-0.1, -0.05) is 49.4 Å². The maximum atomic E-state index is 12.4. The van der Waals surface area contributed by atoms with Gasteiger partial charge in [0.1, 0.15) is 0 Å². The van der Waals surface area contributed by atoms with Crippen LogP contribution < -0.4 is 5.32 Å². The van der Waals surface area contributed by atoms with Gasteiger partial charge in [0, 0.05) is 5.69 Å². The molecule has 0 aliphatic rings. The van der Waals surface area contributed by atoms with Crippen LogP contribution >= 0.6 is 0 Å². The molecule has 21 heavy (non-hydrogen) atoms. The van der Waals surface area contributed by atoms with Crippen LogP contribution in [0.25, 0.3) is 0 Å². The fourth-order valence-electron chi connectivity index (χ4n) is 2.28. The Morgan fingerprint density at radius 3 is 2.38 bits per heavy atom. The quantitative estimate of drug-likeness (QED) is 0.902. The Balaban J connectivity index is 2.07. The molecule has 0 saturated carbocycles. The summed E-state index contributed by atoms with van der Waals surface area (Å²) < 4.78 is 0. The van der Waals surface area contributed by atoms with Gasteiger partial charge in [-0.2, -0.15) is 5.26 Å². The number of carbonyl (C=O) groups is 1. The van der Waals surface area contributed by atoms with Crippen molar-refractivity contribution < 1.29 is 4.79 Å². The molecule has 106 valence electrons. The molecule has 0 aliphatic heterocycles. The molecule has 1 atom stereocenters. The standard InChI is InChI=1S/C18H18N2O/c1-2-17(15-6-4-3-5-7-15)18(21)20-16-10-8-14(9-11-16)12-13-19/h3-11,17H,2,12H2,1H3,(H,20,21). The third-order valence-electron chi connectivity index (χ3n) is 3.43. The molecule has 3 heteroatoms. The van der Waals surface area contributed by atoms with Crippen LogP contribution in [0.5, 0.6) is 0 Å². The zero-order valence-corrected chi connectivity index (χ0v) is 12.0. The molecule has 3 nitrogen and oxygen atoms in total. The van der Waals surface area contributed by atoms with E-state index in [0.717, 1.165) is 23.2 Å². The number of rotatable bonds is 5. The van der Waals surface area contributed by atoms with Crippen LogP contribution in [0.15, 0.2) is 54.6 Å². The Labute approximate surface area is 125 Å². The summed E-state index contributed by atoms with van der Waals surface area (Å²) >= 11 is 0. The average molecular weight is 278 g/mol. The van der Waals surface area contributed by atoms with Crippen molar-refractivity contribution >= 4 is 11.6 Å². The minimum atomic E-state index is -0.148. The third-order valence-corrected chi connectivity index (χ3v) is 3.43. The summed E-state index contributed by atoms with van der Waals surface area (Å²) in [6.07, 6.45) is 1.14. The second-order valence-electron chi connectivity index (χ2n) is 4.89. The summed E-state index contributed by atoms with van der Waals surface area (Å²) in [7, 11) is 0. The molecule has 1 N–H and O–H groups in total. The number of hydrogen-bond donors (Lipinski definition) is 1. The molecule has 2 rings (SSSR count). The van der Waals surface area contributed by atoms with Crippen molar-refractivity contribution in [3.8, 4) is 6.07 Å². The first-order chi connectivity index (χ1) is 10.2. The first-order valence-corrected chi connectivity index (χ1v) is 7.06. The van der Waals surface area contributed by atoms with Crippen LogP contribution in [0.4, 0.5) is 5.69 Å². The number of nitrogens with zero attached hydrogens (tertiary/aromatic N) is 1. The second kappa shape index (κ2) is 7.25. The lowest BCUT2D eigenvalue weighted by atomic mass is 9.95. The third kappa shape index (κ3) is 3.93. The van der Waals surface area contributed by atoms with Gasteiger partial charge in [-0.25, -0.2) is 0 Å². The van der Waals surface area contributed by atoms with E-state index < -0.39 is 0 Å². The zero-order chi connectivity index (χ0) is 15.1. The van der Waals surface area contributed by atoms with Gasteiger partial charge in [0.25, 0.3) is 0 Å². The van der Waals surface area contributed by atoms with Crippen molar-refractivity contribution in [1.29, 1.82) is 5.26 Å². The number of anilines is 1. The van der Waals surface area contributed by atoms with Gasteiger partial charge in [0.2, 0.25) is 5.91 Å². The highest BCUT2D eigenvalue weighted by molar-refractivity contribution is 5.95. The zero-order valence-electron chi connectivity index (χ0n) is 12.0. The van der Waals surface area contributed by atoms with Gasteiger partial charge >= 0.3 is 0 Å².